The van der Waals surface area contributed by atoms with Gasteiger partial charge in [-0.3, -0.25) is 13.9 Å². The number of amides is 2. The molecule has 0 aliphatic rings. The molecule has 0 aliphatic carbocycles. The van der Waals surface area contributed by atoms with Crippen molar-refractivity contribution >= 4 is 33.2 Å². The Morgan fingerprint density at radius 3 is 2.08 bits per heavy atom. The van der Waals surface area contributed by atoms with Crippen molar-refractivity contribution in [2.75, 3.05) is 29.3 Å². The summed E-state index contributed by atoms with van der Waals surface area (Å²) >= 11 is 0. The van der Waals surface area contributed by atoms with Gasteiger partial charge in [-0.2, -0.15) is 0 Å². The number of carbonyl (C=O) groups excluding carboxylic acids is 2. The summed E-state index contributed by atoms with van der Waals surface area (Å²) in [7, 11) is -4.04. The van der Waals surface area contributed by atoms with E-state index in [1.807, 2.05) is 40.7 Å². The number of para-hydroxylation sites is 1. The SMILES string of the molecule is CCN(CC)C(=O)c1ccccc1NC(=O)CN(c1ccc(C)c(C)c1)S(=O)(=O)c1ccc(C)cc1. The molecule has 2 amide bonds. The van der Waals surface area contributed by atoms with Crippen LogP contribution in [-0.4, -0.2) is 44.8 Å². The zero-order chi connectivity index (χ0) is 26.5. The number of sulfonamides is 1. The van der Waals surface area contributed by atoms with Crippen molar-refractivity contribution in [1.29, 1.82) is 0 Å². The standard InChI is InChI=1S/C28H33N3O4S/c1-6-30(7-2)28(33)25-10-8-9-11-26(25)29-27(32)19-31(23-15-14-21(4)22(5)18-23)36(34,35)24-16-12-20(3)13-17-24/h8-18H,6-7,19H2,1-5H3,(H,29,32). The number of anilines is 2. The van der Waals surface area contributed by atoms with Crippen LogP contribution in [-0.2, 0) is 14.8 Å². The molecule has 0 bridgehead atoms. The highest BCUT2D eigenvalue weighted by Crippen LogP contribution is 2.26. The Morgan fingerprint density at radius 2 is 1.47 bits per heavy atom. The molecule has 8 heteroatoms. The summed E-state index contributed by atoms with van der Waals surface area (Å²) < 4.78 is 28.4. The first-order valence-corrected chi connectivity index (χ1v) is 13.4. The maximum atomic E-state index is 13.7. The van der Waals surface area contributed by atoms with Crippen LogP contribution in [0.5, 0.6) is 0 Å². The molecule has 0 heterocycles. The van der Waals surface area contributed by atoms with Crippen molar-refractivity contribution in [1.82, 2.24) is 4.90 Å². The van der Waals surface area contributed by atoms with E-state index in [0.717, 1.165) is 21.0 Å². The minimum atomic E-state index is -4.04. The van der Waals surface area contributed by atoms with Crippen molar-refractivity contribution in [2.24, 2.45) is 0 Å². The first-order valence-electron chi connectivity index (χ1n) is 11.9. The maximum Gasteiger partial charge on any atom is 0.264 e. The van der Waals surface area contributed by atoms with E-state index in [2.05, 4.69) is 5.32 Å². The van der Waals surface area contributed by atoms with Gasteiger partial charge in [0.25, 0.3) is 15.9 Å². The molecule has 0 spiro atoms. The van der Waals surface area contributed by atoms with Gasteiger partial charge in [-0.15, -0.1) is 0 Å². The third-order valence-electron chi connectivity index (χ3n) is 6.16. The molecule has 0 aromatic heterocycles. The Hall–Kier alpha value is -3.65. The second kappa shape index (κ2) is 11.4. The summed E-state index contributed by atoms with van der Waals surface area (Å²) in [6.45, 7) is 10.1. The minimum Gasteiger partial charge on any atom is -0.339 e. The molecule has 7 nitrogen and oxygen atoms in total. The lowest BCUT2D eigenvalue weighted by molar-refractivity contribution is -0.114. The molecule has 1 N–H and O–H groups in total. The average Bonchev–Trinajstić information content (AvgIpc) is 2.85. The van der Waals surface area contributed by atoms with Crippen LogP contribution in [0.3, 0.4) is 0 Å². The smallest absolute Gasteiger partial charge is 0.264 e. The number of benzene rings is 3. The van der Waals surface area contributed by atoms with Gasteiger partial charge in [0.1, 0.15) is 6.54 Å². The number of nitrogens with zero attached hydrogens (tertiary/aromatic N) is 2. The predicted octanol–water partition coefficient (Wildman–Crippen LogP) is 4.93. The maximum absolute atomic E-state index is 13.7. The zero-order valence-electron chi connectivity index (χ0n) is 21.4. The summed E-state index contributed by atoms with van der Waals surface area (Å²) in [4.78, 5) is 27.9. The van der Waals surface area contributed by atoms with Gasteiger partial charge < -0.3 is 10.2 Å². The molecule has 3 aromatic rings. The molecule has 0 fully saturated rings. The predicted molar refractivity (Wildman–Crippen MR) is 144 cm³/mol. The molecule has 0 radical (unpaired) electrons. The highest BCUT2D eigenvalue weighted by molar-refractivity contribution is 7.92. The van der Waals surface area contributed by atoms with Gasteiger partial charge >= 0.3 is 0 Å². The van der Waals surface area contributed by atoms with Gasteiger partial charge in [0, 0.05) is 13.1 Å². The number of rotatable bonds is 9. The van der Waals surface area contributed by atoms with Gasteiger partial charge in [0.05, 0.1) is 21.8 Å². The average molecular weight is 508 g/mol. The molecule has 0 unspecified atom stereocenters. The van der Waals surface area contributed by atoms with Crippen molar-refractivity contribution < 1.29 is 18.0 Å². The molecular weight excluding hydrogens is 474 g/mol. The van der Waals surface area contributed by atoms with Crippen molar-refractivity contribution in [3.8, 4) is 0 Å². The second-order valence-electron chi connectivity index (χ2n) is 8.66. The van der Waals surface area contributed by atoms with Crippen LogP contribution in [0, 0.1) is 20.8 Å². The molecular formula is C28H33N3O4S. The van der Waals surface area contributed by atoms with Crippen LogP contribution >= 0.6 is 0 Å². The van der Waals surface area contributed by atoms with Gasteiger partial charge in [0.2, 0.25) is 5.91 Å². The quantitative estimate of drug-likeness (QED) is 0.445. The van der Waals surface area contributed by atoms with E-state index in [9.17, 15) is 18.0 Å². The molecule has 0 saturated heterocycles. The summed E-state index contributed by atoms with van der Waals surface area (Å²) in [5, 5.41) is 2.76. The Labute approximate surface area is 213 Å². The van der Waals surface area contributed by atoms with E-state index in [1.165, 1.54) is 12.1 Å². The van der Waals surface area contributed by atoms with E-state index in [-0.39, 0.29) is 10.8 Å². The highest BCUT2D eigenvalue weighted by atomic mass is 32.2. The summed E-state index contributed by atoms with van der Waals surface area (Å²) in [5.74, 6) is -0.752. The largest absolute Gasteiger partial charge is 0.339 e. The summed E-state index contributed by atoms with van der Waals surface area (Å²) in [6, 6.07) is 18.5. The Bertz CT molecular complexity index is 1350. The van der Waals surface area contributed by atoms with E-state index >= 15 is 0 Å². The molecule has 36 heavy (non-hydrogen) atoms. The number of aryl methyl sites for hydroxylation is 3. The van der Waals surface area contributed by atoms with E-state index in [0.29, 0.717) is 30.0 Å². The van der Waals surface area contributed by atoms with E-state index in [4.69, 9.17) is 0 Å². The lowest BCUT2D eigenvalue weighted by Gasteiger charge is -2.25. The lowest BCUT2D eigenvalue weighted by atomic mass is 10.1. The molecule has 0 atom stereocenters. The number of nitrogens with one attached hydrogen (secondary N) is 1. The highest BCUT2D eigenvalue weighted by Gasteiger charge is 2.28. The Balaban J connectivity index is 1.97. The van der Waals surface area contributed by atoms with Crippen molar-refractivity contribution in [3.05, 3.63) is 89.0 Å². The minimum absolute atomic E-state index is 0.0937. The fraction of sp³-hybridized carbons (Fsp3) is 0.286. The number of hydrogen-bond acceptors (Lipinski definition) is 4. The van der Waals surface area contributed by atoms with Crippen LogP contribution in [0.1, 0.15) is 40.9 Å². The Morgan fingerprint density at radius 1 is 0.833 bits per heavy atom. The molecule has 3 aromatic carbocycles. The second-order valence-corrected chi connectivity index (χ2v) is 10.5. The van der Waals surface area contributed by atoms with Crippen LogP contribution in [0.4, 0.5) is 11.4 Å². The molecule has 190 valence electrons. The van der Waals surface area contributed by atoms with Gasteiger partial charge in [-0.1, -0.05) is 35.9 Å². The first-order chi connectivity index (χ1) is 17.1. The van der Waals surface area contributed by atoms with Crippen LogP contribution < -0.4 is 9.62 Å². The number of carbonyl (C=O) groups is 2. The summed E-state index contributed by atoms with van der Waals surface area (Å²) in [6.07, 6.45) is 0. The molecule has 3 rings (SSSR count). The van der Waals surface area contributed by atoms with E-state index < -0.39 is 22.5 Å². The zero-order valence-corrected chi connectivity index (χ0v) is 22.2. The monoisotopic (exact) mass is 507 g/mol. The normalized spacial score (nSPS) is 11.1. The van der Waals surface area contributed by atoms with Crippen molar-refractivity contribution in [3.63, 3.8) is 0 Å². The third kappa shape index (κ3) is 5.94. The number of hydrogen-bond donors (Lipinski definition) is 1. The van der Waals surface area contributed by atoms with Crippen LogP contribution in [0.2, 0.25) is 0 Å². The fourth-order valence-corrected chi connectivity index (χ4v) is 5.23. The van der Waals surface area contributed by atoms with Crippen molar-refractivity contribution in [2.45, 2.75) is 39.5 Å². The topological polar surface area (TPSA) is 86.8 Å². The van der Waals surface area contributed by atoms with Gasteiger partial charge in [-0.25, -0.2) is 8.42 Å². The first kappa shape index (κ1) is 26.9. The van der Waals surface area contributed by atoms with Crippen LogP contribution in [0.25, 0.3) is 0 Å². The van der Waals surface area contributed by atoms with Gasteiger partial charge in [-0.05, 0) is 82.1 Å². The molecule has 0 saturated carbocycles. The Kier molecular flexibility index (Phi) is 8.53. The lowest BCUT2D eigenvalue weighted by Crippen LogP contribution is -2.38. The van der Waals surface area contributed by atoms with Gasteiger partial charge in [0.15, 0.2) is 0 Å². The molecule has 0 aliphatic heterocycles. The van der Waals surface area contributed by atoms with E-state index in [1.54, 1.807) is 53.4 Å². The summed E-state index contributed by atoms with van der Waals surface area (Å²) in [5.41, 5.74) is 3.94. The fourth-order valence-electron chi connectivity index (χ4n) is 3.81. The third-order valence-corrected chi connectivity index (χ3v) is 7.94. The van der Waals surface area contributed by atoms with Crippen LogP contribution in [0.15, 0.2) is 71.6 Å².